The number of nitrogens with one attached hydrogen (secondary N) is 5. The van der Waals surface area contributed by atoms with E-state index in [-0.39, 0.29) is 63.2 Å². The van der Waals surface area contributed by atoms with Gasteiger partial charge in [-0.1, -0.05) is 89.5 Å². The van der Waals surface area contributed by atoms with E-state index in [9.17, 15) is 33.9 Å². The summed E-state index contributed by atoms with van der Waals surface area (Å²) in [5, 5.41) is 26.2. The molecule has 101 heavy (non-hydrogen) atoms. The molecule has 0 aromatic rings. The van der Waals surface area contributed by atoms with E-state index >= 15 is 28.8 Å². The molecule has 29 nitrogen and oxygen atoms in total. The van der Waals surface area contributed by atoms with Crippen molar-refractivity contribution in [3.8, 4) is 0 Å². The maximum absolute atomic E-state index is 15.5. The Bertz CT molecular complexity index is 2710. The van der Waals surface area contributed by atoms with Crippen molar-refractivity contribution in [2.75, 3.05) is 102 Å². The lowest BCUT2D eigenvalue weighted by Gasteiger charge is -2.41. The predicted octanol–water partition coefficient (Wildman–Crippen LogP) is 3.08. The first-order chi connectivity index (χ1) is 47.1. The number of aliphatic hydroxyl groups is 1. The van der Waals surface area contributed by atoms with Gasteiger partial charge in [-0.3, -0.25) is 57.6 Å². The van der Waals surface area contributed by atoms with E-state index in [2.05, 4.69) is 31.5 Å². The molecule has 0 unspecified atom stereocenters. The van der Waals surface area contributed by atoms with Gasteiger partial charge in [0.15, 0.2) is 0 Å². The number of carbonyl (C=O) groups excluding carboxylic acids is 12. The summed E-state index contributed by atoms with van der Waals surface area (Å²) >= 11 is 0. The van der Waals surface area contributed by atoms with Gasteiger partial charge in [0, 0.05) is 75.6 Å². The molecule has 12 amide bonds. The fourth-order valence-corrected chi connectivity index (χ4v) is 13.0. The highest BCUT2D eigenvalue weighted by atomic mass is 16.5. The number of carbonyl (C=O) groups is 12. The fraction of sp³-hybridized carbons (Fsp3) is 0.833. The first kappa shape index (κ1) is 90.4. The second kappa shape index (κ2) is 43.4. The molecule has 0 aromatic heterocycles. The maximum Gasteiger partial charge on any atom is 0.407 e. The molecule has 2 heterocycles. The van der Waals surface area contributed by atoms with Gasteiger partial charge in [0.25, 0.3) is 0 Å². The Hall–Kier alpha value is -6.72. The smallest absolute Gasteiger partial charge is 0.407 e. The number of amides is 12. The molecule has 0 aromatic carbocycles. The van der Waals surface area contributed by atoms with Gasteiger partial charge in [-0.15, -0.1) is 0 Å². The number of aliphatic hydroxyl groups excluding tert-OH is 1. The summed E-state index contributed by atoms with van der Waals surface area (Å²) in [6, 6.07) is -14.5. The zero-order chi connectivity index (χ0) is 77.2. The summed E-state index contributed by atoms with van der Waals surface area (Å²) in [5.74, 6) is -10.4. The Kier molecular flexibility index (Phi) is 38.8. The van der Waals surface area contributed by atoms with Crippen LogP contribution in [0.4, 0.5) is 4.79 Å². The van der Waals surface area contributed by atoms with Crippen LogP contribution in [0.5, 0.6) is 0 Å². The number of ether oxygens (including phenoxy) is 3. The lowest BCUT2D eigenvalue weighted by molar-refractivity contribution is -0.157. The Labute approximate surface area is 603 Å². The first-order valence-electron chi connectivity index (χ1n) is 36.7. The van der Waals surface area contributed by atoms with Crippen molar-refractivity contribution in [3.63, 3.8) is 0 Å². The van der Waals surface area contributed by atoms with E-state index in [0.29, 0.717) is 38.9 Å². The molecule has 0 saturated carbocycles. The third-order valence-corrected chi connectivity index (χ3v) is 19.5. The molecule has 0 radical (unpaired) electrons. The van der Waals surface area contributed by atoms with Crippen LogP contribution in [-0.2, 0) is 67.0 Å². The predicted molar refractivity (Wildman–Crippen MR) is 385 cm³/mol. The van der Waals surface area contributed by atoms with Crippen LogP contribution < -0.4 is 26.6 Å². The monoisotopic (exact) mass is 1430 g/mol. The summed E-state index contributed by atoms with van der Waals surface area (Å²) in [5.41, 5.74) is 0. The third kappa shape index (κ3) is 26.8. The largest absolute Gasteiger partial charge is 0.450 e. The average Bonchev–Trinajstić information content (AvgIpc) is 0.804. The van der Waals surface area contributed by atoms with Crippen LogP contribution in [0.2, 0.25) is 0 Å². The number of likely N-dealkylation sites (N-methyl/N-ethyl adjacent to an activating group) is 7. The summed E-state index contributed by atoms with van der Waals surface area (Å²) in [4.78, 5) is 187. The Morgan fingerprint density at radius 1 is 0.515 bits per heavy atom. The lowest BCUT2D eigenvalue weighted by atomic mass is 9.90. The van der Waals surface area contributed by atoms with Gasteiger partial charge < -0.3 is 80.2 Å². The summed E-state index contributed by atoms with van der Waals surface area (Å²) in [6.45, 7) is 33.2. The van der Waals surface area contributed by atoms with Crippen LogP contribution in [0.15, 0.2) is 0 Å². The second-order valence-electron chi connectivity index (χ2n) is 29.8. The highest BCUT2D eigenvalue weighted by Gasteiger charge is 2.47. The molecule has 580 valence electrons. The fourth-order valence-electron chi connectivity index (χ4n) is 13.0. The van der Waals surface area contributed by atoms with Gasteiger partial charge in [-0.2, -0.15) is 0 Å². The van der Waals surface area contributed by atoms with Crippen LogP contribution in [0.25, 0.3) is 0 Å². The van der Waals surface area contributed by atoms with Crippen LogP contribution in [0.1, 0.15) is 175 Å². The molecular weight excluding hydrogens is 1300 g/mol. The van der Waals surface area contributed by atoms with Crippen molar-refractivity contribution in [1.29, 1.82) is 0 Å². The minimum atomic E-state index is -1.70. The molecular formula is C72H131N13O16. The van der Waals surface area contributed by atoms with E-state index in [1.807, 2.05) is 41.5 Å². The van der Waals surface area contributed by atoms with E-state index < -0.39 is 167 Å². The van der Waals surface area contributed by atoms with Crippen molar-refractivity contribution >= 4 is 71.1 Å². The molecule has 0 bridgehead atoms. The van der Waals surface area contributed by atoms with E-state index in [1.54, 1.807) is 55.4 Å². The number of unbranched alkanes of at least 4 members (excludes halogenated alkanes) is 2. The third-order valence-electron chi connectivity index (χ3n) is 19.5. The van der Waals surface area contributed by atoms with Crippen molar-refractivity contribution in [3.05, 3.63) is 0 Å². The van der Waals surface area contributed by atoms with Gasteiger partial charge in [0.1, 0.15) is 66.5 Å². The van der Waals surface area contributed by atoms with Crippen molar-refractivity contribution in [1.82, 2.24) is 65.8 Å². The molecule has 0 aliphatic carbocycles. The molecule has 2 rings (SSSR count). The number of nitrogens with zero attached hydrogens (tertiary/aromatic N) is 8. The van der Waals surface area contributed by atoms with Crippen LogP contribution in [-0.4, -0.2) is 296 Å². The molecule has 29 heteroatoms. The summed E-state index contributed by atoms with van der Waals surface area (Å²) < 4.78 is 16.9. The van der Waals surface area contributed by atoms with Crippen LogP contribution in [0, 0.1) is 35.5 Å². The Morgan fingerprint density at radius 2 is 1.01 bits per heavy atom. The molecule has 2 saturated heterocycles. The standard InChI is InChI=1S/C72H131N13O16/c1-25-52-67(93)78(18)50(16)66(92)83(23)58(51(17)101-36-30-29-33-85-34-37-99-38-35-85)63(89)77-56(45(9)10)70(96)79(19)53(39-42(3)4)62(88)74-48(14)61(87)75-49(15)65(91)80(20)54(40-43(5)6)68(94)81(21)55(41-44(7)8)69(95)82(22)57(46(11)12)71(97)84(24)59(64(90)76-52)60(86)47(13)31-27-28-32-73-72(98)100-26-2/h42-60,86H,25-41H2,1-24H3,(H,73,98)(H,74,88)(H,75,87)(H,76,90)(H,77,89)/t47-,48+,49-,50-,51-,52+,53+,54+,55+,56+,57+,58+,59+,60-/m1/s1. The summed E-state index contributed by atoms with van der Waals surface area (Å²) in [7, 11) is 9.82. The van der Waals surface area contributed by atoms with Crippen molar-refractivity contribution < 1.29 is 76.9 Å². The molecule has 2 aliphatic rings. The van der Waals surface area contributed by atoms with Gasteiger partial charge in [0.05, 0.1) is 32.0 Å². The molecule has 2 fully saturated rings. The zero-order valence-electron chi connectivity index (χ0n) is 65.6. The quantitative estimate of drug-likeness (QED) is 0.0756. The first-order valence-corrected chi connectivity index (χ1v) is 36.7. The van der Waals surface area contributed by atoms with Gasteiger partial charge in [-0.25, -0.2) is 4.79 Å². The number of hydrogen-bond acceptors (Lipinski definition) is 17. The van der Waals surface area contributed by atoms with E-state index in [0.717, 1.165) is 40.8 Å². The molecule has 0 spiro atoms. The van der Waals surface area contributed by atoms with Crippen LogP contribution >= 0.6 is 0 Å². The topological polar surface area (TPSA) is 339 Å². The Balaban J connectivity index is 3.02. The van der Waals surface area contributed by atoms with Crippen LogP contribution in [0.3, 0.4) is 0 Å². The van der Waals surface area contributed by atoms with E-state index in [1.165, 1.54) is 89.7 Å². The molecule has 14 atom stereocenters. The highest BCUT2D eigenvalue weighted by Crippen LogP contribution is 2.26. The number of hydrogen-bond donors (Lipinski definition) is 6. The van der Waals surface area contributed by atoms with Crippen molar-refractivity contribution in [2.45, 2.75) is 254 Å². The Morgan fingerprint density at radius 3 is 1.53 bits per heavy atom. The number of alkyl carbamates (subject to hydrolysis) is 1. The van der Waals surface area contributed by atoms with Gasteiger partial charge >= 0.3 is 6.09 Å². The SMILES string of the molecule is CCOC(=O)NCCCC[C@@H](C)[C@@H](O)[C@H]1C(=O)N[C@@H](CC)C(=O)N(C)[C@H](C)C(=O)N(C)[C@@H]([C@@H](C)OCCCCN2CCOCC2)C(=O)N[C@@H](C(C)C)C(=O)N(C)[C@@H](CC(C)C)C(=O)N[C@@H](C)C(=O)N[C@H](C)C(=O)N(C)[C@@H](CC(C)C)C(=O)N(C)[C@@H](CC(C)C)C(=O)N(C)[C@@H](C(C)C)C(=O)N1C. The van der Waals surface area contributed by atoms with Crippen molar-refractivity contribution in [2.24, 2.45) is 35.5 Å². The lowest BCUT2D eigenvalue weighted by Crippen LogP contribution is -2.64. The zero-order valence-corrected chi connectivity index (χ0v) is 65.6. The summed E-state index contributed by atoms with van der Waals surface area (Å²) in [6.07, 6.45) is -0.278. The second-order valence-corrected chi connectivity index (χ2v) is 29.8. The molecule has 6 N–H and O–H groups in total. The highest BCUT2D eigenvalue weighted by molar-refractivity contribution is 6.00. The van der Waals surface area contributed by atoms with Gasteiger partial charge in [0.2, 0.25) is 65.0 Å². The van der Waals surface area contributed by atoms with Gasteiger partial charge in [-0.05, 0) is 128 Å². The molecule has 2 aliphatic heterocycles. The minimum Gasteiger partial charge on any atom is -0.450 e. The number of morpholine rings is 1. The number of rotatable bonds is 24. The minimum absolute atomic E-state index is 0.0419. The average molecular weight is 1430 g/mol. The normalized spacial score (nSPS) is 26.5. The van der Waals surface area contributed by atoms with E-state index in [4.69, 9.17) is 14.2 Å². The maximum atomic E-state index is 15.5.